The van der Waals surface area contributed by atoms with Crippen molar-refractivity contribution < 1.29 is 19.5 Å². The largest absolute Gasteiger partial charge is 0.480 e. The van der Waals surface area contributed by atoms with Crippen LogP contribution in [0.4, 0.5) is 0 Å². The molecule has 21 heavy (non-hydrogen) atoms. The fourth-order valence-electron chi connectivity index (χ4n) is 2.54. The molecule has 0 unspecified atom stereocenters. The van der Waals surface area contributed by atoms with Gasteiger partial charge in [-0.05, 0) is 25.7 Å². The second-order valence-corrected chi connectivity index (χ2v) is 6.13. The number of hydrogen-bond donors (Lipinski definition) is 3. The van der Waals surface area contributed by atoms with Crippen LogP contribution in [0.3, 0.4) is 0 Å². The molecular weight excluding hydrogens is 272 g/mol. The van der Waals surface area contributed by atoms with Crippen LogP contribution < -0.4 is 10.6 Å². The van der Waals surface area contributed by atoms with E-state index in [0.29, 0.717) is 0 Å². The molecule has 0 bridgehead atoms. The van der Waals surface area contributed by atoms with E-state index in [1.165, 1.54) is 6.92 Å². The van der Waals surface area contributed by atoms with Crippen molar-refractivity contribution in [3.05, 3.63) is 0 Å². The van der Waals surface area contributed by atoms with E-state index in [0.717, 1.165) is 32.1 Å². The molecule has 1 aliphatic carbocycles. The maximum absolute atomic E-state index is 12.2. The third-order valence-corrected chi connectivity index (χ3v) is 3.95. The van der Waals surface area contributed by atoms with Gasteiger partial charge in [0.05, 0.1) is 0 Å². The summed E-state index contributed by atoms with van der Waals surface area (Å²) < 4.78 is 0. The van der Waals surface area contributed by atoms with Crippen LogP contribution in [0.15, 0.2) is 0 Å². The zero-order chi connectivity index (χ0) is 16.0. The van der Waals surface area contributed by atoms with Crippen LogP contribution in [0.1, 0.15) is 52.9 Å². The van der Waals surface area contributed by atoms with Gasteiger partial charge >= 0.3 is 5.97 Å². The highest BCUT2D eigenvalue weighted by atomic mass is 16.4. The molecule has 1 saturated carbocycles. The molecule has 1 aliphatic rings. The monoisotopic (exact) mass is 298 g/mol. The Hall–Kier alpha value is -1.59. The highest BCUT2D eigenvalue weighted by Crippen LogP contribution is 2.24. The minimum Gasteiger partial charge on any atom is -0.480 e. The maximum Gasteiger partial charge on any atom is 0.325 e. The lowest BCUT2D eigenvalue weighted by molar-refractivity contribution is -0.142. The van der Waals surface area contributed by atoms with Crippen LogP contribution in [-0.2, 0) is 14.4 Å². The average molecular weight is 298 g/mol. The lowest BCUT2D eigenvalue weighted by Gasteiger charge is -2.27. The van der Waals surface area contributed by atoms with Crippen LogP contribution >= 0.6 is 0 Å². The minimum absolute atomic E-state index is 0.0234. The van der Waals surface area contributed by atoms with Gasteiger partial charge in [-0.15, -0.1) is 0 Å². The molecule has 6 nitrogen and oxygen atoms in total. The molecule has 120 valence electrons. The van der Waals surface area contributed by atoms with E-state index in [9.17, 15) is 14.4 Å². The van der Waals surface area contributed by atoms with E-state index in [1.807, 2.05) is 13.8 Å². The smallest absolute Gasteiger partial charge is 0.325 e. The first-order chi connectivity index (χ1) is 9.82. The fourth-order valence-corrected chi connectivity index (χ4v) is 2.54. The molecule has 1 rings (SSSR count). The second kappa shape index (κ2) is 8.00. The van der Waals surface area contributed by atoms with Gasteiger partial charge in [-0.1, -0.05) is 33.1 Å². The van der Waals surface area contributed by atoms with Crippen molar-refractivity contribution in [2.24, 2.45) is 11.8 Å². The van der Waals surface area contributed by atoms with Gasteiger partial charge in [-0.2, -0.15) is 0 Å². The van der Waals surface area contributed by atoms with Crippen LogP contribution in [0, 0.1) is 11.8 Å². The topological polar surface area (TPSA) is 95.5 Å². The lowest BCUT2D eigenvalue weighted by atomic mass is 9.88. The van der Waals surface area contributed by atoms with Gasteiger partial charge in [0.2, 0.25) is 11.8 Å². The number of carbonyl (C=O) groups is 3. The molecule has 0 heterocycles. The van der Waals surface area contributed by atoms with E-state index < -0.39 is 24.0 Å². The average Bonchev–Trinajstić information content (AvgIpc) is 2.44. The van der Waals surface area contributed by atoms with Crippen molar-refractivity contribution in [3.63, 3.8) is 0 Å². The molecule has 0 aromatic heterocycles. The molecule has 3 N–H and O–H groups in total. The third kappa shape index (κ3) is 5.36. The summed E-state index contributed by atoms with van der Waals surface area (Å²) in [4.78, 5) is 35.2. The van der Waals surface area contributed by atoms with Crippen LogP contribution in [-0.4, -0.2) is 35.0 Å². The summed E-state index contributed by atoms with van der Waals surface area (Å²) in [5.41, 5.74) is 0. The zero-order valence-electron chi connectivity index (χ0n) is 13.0. The molecule has 0 aromatic carbocycles. The Balaban J connectivity index is 2.61. The van der Waals surface area contributed by atoms with Crippen LogP contribution in [0.5, 0.6) is 0 Å². The summed E-state index contributed by atoms with van der Waals surface area (Å²) in [6.45, 7) is 5.06. The van der Waals surface area contributed by atoms with E-state index in [1.54, 1.807) is 0 Å². The number of aliphatic carboxylic acids is 1. The molecule has 0 spiro atoms. The number of carboxylic acids is 1. The van der Waals surface area contributed by atoms with Crippen molar-refractivity contribution >= 4 is 17.8 Å². The summed E-state index contributed by atoms with van der Waals surface area (Å²) in [6, 6.07) is -1.66. The highest BCUT2D eigenvalue weighted by molar-refractivity contribution is 5.91. The standard InChI is InChI=1S/C15H26N2O4/c1-9(2)12(14(19)16-10(3)15(20)21)17-13(18)11-7-5-4-6-8-11/h9-12H,4-8H2,1-3H3,(H,16,19)(H,17,18)(H,20,21)/t10-,12-/m0/s1. The van der Waals surface area contributed by atoms with Gasteiger partial charge < -0.3 is 15.7 Å². The van der Waals surface area contributed by atoms with E-state index >= 15 is 0 Å². The van der Waals surface area contributed by atoms with Gasteiger partial charge in [0, 0.05) is 5.92 Å². The minimum atomic E-state index is -1.09. The van der Waals surface area contributed by atoms with E-state index in [2.05, 4.69) is 10.6 Å². The number of rotatable bonds is 6. The molecule has 0 aromatic rings. The van der Waals surface area contributed by atoms with Crippen molar-refractivity contribution in [2.45, 2.75) is 65.0 Å². The third-order valence-electron chi connectivity index (χ3n) is 3.95. The molecule has 6 heteroatoms. The number of hydrogen-bond acceptors (Lipinski definition) is 3. The second-order valence-electron chi connectivity index (χ2n) is 6.13. The van der Waals surface area contributed by atoms with Crippen molar-refractivity contribution in [1.29, 1.82) is 0 Å². The quantitative estimate of drug-likeness (QED) is 0.688. The van der Waals surface area contributed by atoms with Crippen LogP contribution in [0.25, 0.3) is 0 Å². The van der Waals surface area contributed by atoms with Gasteiger partial charge in [0.25, 0.3) is 0 Å². The Bertz CT molecular complexity index is 389. The predicted molar refractivity (Wildman–Crippen MR) is 78.6 cm³/mol. The van der Waals surface area contributed by atoms with E-state index in [4.69, 9.17) is 5.11 Å². The first kappa shape index (κ1) is 17.5. The SMILES string of the molecule is CC(C)[C@H](NC(=O)C1CCCCC1)C(=O)N[C@@H](C)C(=O)O. The Morgan fingerprint density at radius 3 is 2.05 bits per heavy atom. The summed E-state index contributed by atoms with van der Waals surface area (Å²) in [5, 5.41) is 14.0. The van der Waals surface area contributed by atoms with E-state index in [-0.39, 0.29) is 17.7 Å². The number of nitrogens with one attached hydrogen (secondary N) is 2. The molecule has 2 atom stereocenters. The maximum atomic E-state index is 12.2. The van der Waals surface area contributed by atoms with Crippen molar-refractivity contribution in [3.8, 4) is 0 Å². The Morgan fingerprint density at radius 1 is 1.00 bits per heavy atom. The summed E-state index contributed by atoms with van der Waals surface area (Å²) in [6.07, 6.45) is 4.99. The predicted octanol–water partition coefficient (Wildman–Crippen LogP) is 1.30. The highest BCUT2D eigenvalue weighted by Gasteiger charge is 2.29. The number of carboxylic acid groups (broad SMARTS) is 1. The number of carbonyl (C=O) groups excluding carboxylic acids is 2. The van der Waals surface area contributed by atoms with Gasteiger partial charge in [-0.25, -0.2) is 0 Å². The molecule has 0 aliphatic heterocycles. The van der Waals surface area contributed by atoms with Gasteiger partial charge in [-0.3, -0.25) is 14.4 Å². The zero-order valence-corrected chi connectivity index (χ0v) is 13.0. The summed E-state index contributed by atoms with van der Waals surface area (Å²) in [5.74, 6) is -1.75. The molecule has 2 amide bonds. The Morgan fingerprint density at radius 2 is 1.57 bits per heavy atom. The Kier molecular flexibility index (Phi) is 6.65. The molecule has 0 saturated heterocycles. The van der Waals surface area contributed by atoms with Gasteiger partial charge in [0.15, 0.2) is 0 Å². The molecule has 0 radical (unpaired) electrons. The first-order valence-corrected chi connectivity index (χ1v) is 7.66. The lowest BCUT2D eigenvalue weighted by Crippen LogP contribution is -2.54. The van der Waals surface area contributed by atoms with Crippen molar-refractivity contribution in [1.82, 2.24) is 10.6 Å². The fraction of sp³-hybridized carbons (Fsp3) is 0.800. The van der Waals surface area contributed by atoms with Gasteiger partial charge in [0.1, 0.15) is 12.1 Å². The summed E-state index contributed by atoms with van der Waals surface area (Å²) in [7, 11) is 0. The Labute approximate surface area is 125 Å². The normalized spacial score (nSPS) is 18.9. The summed E-state index contributed by atoms with van der Waals surface area (Å²) >= 11 is 0. The van der Waals surface area contributed by atoms with Crippen molar-refractivity contribution in [2.75, 3.05) is 0 Å². The van der Waals surface area contributed by atoms with Crippen LogP contribution in [0.2, 0.25) is 0 Å². The molecule has 1 fully saturated rings. The number of amides is 2. The molecular formula is C15H26N2O4. The first-order valence-electron chi connectivity index (χ1n) is 7.66.